The van der Waals surface area contributed by atoms with Crippen LogP contribution in [0.3, 0.4) is 0 Å². The highest BCUT2D eigenvalue weighted by atomic mass is 16.4. The van der Waals surface area contributed by atoms with Crippen LogP contribution >= 0.6 is 0 Å². The van der Waals surface area contributed by atoms with Crippen molar-refractivity contribution < 1.29 is 14.3 Å². The lowest BCUT2D eigenvalue weighted by Gasteiger charge is -2.12. The number of aromatic nitrogens is 1. The topological polar surface area (TPSA) is 75.4 Å². The monoisotopic (exact) mass is 244 g/mol. The number of hydrogen-bond acceptors (Lipinski definition) is 4. The third kappa shape index (κ3) is 1.55. The molecule has 2 aromatic rings. The number of carbonyl (C=O) groups is 1. The van der Waals surface area contributed by atoms with E-state index >= 15 is 0 Å². The van der Waals surface area contributed by atoms with Gasteiger partial charge < -0.3 is 14.8 Å². The zero-order chi connectivity index (χ0) is 12.7. The quantitative estimate of drug-likeness (QED) is 0.847. The van der Waals surface area contributed by atoms with Gasteiger partial charge in [-0.25, -0.2) is 9.78 Å². The number of fused-ring (bicyclic) bond motifs is 1. The molecular weight excluding hydrogens is 232 g/mol. The van der Waals surface area contributed by atoms with E-state index in [2.05, 4.69) is 10.3 Å². The van der Waals surface area contributed by atoms with E-state index in [1.807, 2.05) is 31.2 Å². The van der Waals surface area contributed by atoms with Crippen LogP contribution in [0.1, 0.15) is 34.8 Å². The van der Waals surface area contributed by atoms with E-state index in [0.717, 1.165) is 11.3 Å². The molecule has 0 saturated carbocycles. The molecule has 2 heterocycles. The smallest absolute Gasteiger partial charge is 0.392 e. The standard InChI is InChI=1S/C13H12N2O3/c1-7-11(8-4-2-3-5-9(8)14-7)10-6-18-12(15-10)13(16)17/h2-7,11,14H,1H3,(H,16,17). The lowest BCUT2D eigenvalue weighted by Crippen LogP contribution is -2.17. The molecule has 1 aliphatic heterocycles. The summed E-state index contributed by atoms with van der Waals surface area (Å²) in [5.41, 5.74) is 2.84. The average Bonchev–Trinajstić information content (AvgIpc) is 2.91. The first kappa shape index (κ1) is 10.8. The van der Waals surface area contributed by atoms with Crippen molar-refractivity contribution in [1.29, 1.82) is 0 Å². The highest BCUT2D eigenvalue weighted by Crippen LogP contribution is 2.39. The summed E-state index contributed by atoms with van der Waals surface area (Å²) in [5.74, 6) is -1.38. The molecule has 1 aromatic carbocycles. The number of aromatic carboxylic acids is 1. The predicted octanol–water partition coefficient (Wildman–Crippen LogP) is 2.32. The summed E-state index contributed by atoms with van der Waals surface area (Å²) in [6, 6.07) is 8.11. The SMILES string of the molecule is CC1Nc2ccccc2C1c1coc(C(=O)O)n1. The summed E-state index contributed by atoms with van der Waals surface area (Å²) in [6.07, 6.45) is 1.42. The first-order chi connectivity index (χ1) is 8.66. The fourth-order valence-electron chi connectivity index (χ4n) is 2.44. The van der Waals surface area contributed by atoms with Gasteiger partial charge in [0, 0.05) is 11.7 Å². The van der Waals surface area contributed by atoms with E-state index < -0.39 is 5.97 Å². The zero-order valence-electron chi connectivity index (χ0n) is 9.75. The second kappa shape index (κ2) is 3.87. The first-order valence-electron chi connectivity index (χ1n) is 5.71. The Kier molecular flexibility index (Phi) is 2.33. The lowest BCUT2D eigenvalue weighted by atomic mass is 9.93. The minimum Gasteiger partial charge on any atom is -0.474 e. The second-order valence-corrected chi connectivity index (χ2v) is 4.38. The minimum atomic E-state index is -1.15. The number of carboxylic acids is 1. The number of oxazole rings is 1. The number of hydrogen-bond donors (Lipinski definition) is 2. The van der Waals surface area contributed by atoms with Crippen LogP contribution in [0.5, 0.6) is 0 Å². The lowest BCUT2D eigenvalue weighted by molar-refractivity contribution is 0.0653. The molecule has 3 rings (SSSR count). The number of rotatable bonds is 2. The summed E-state index contributed by atoms with van der Waals surface area (Å²) < 4.78 is 4.96. The van der Waals surface area contributed by atoms with Gasteiger partial charge in [-0.05, 0) is 18.6 Å². The van der Waals surface area contributed by atoms with Gasteiger partial charge in [0.25, 0.3) is 0 Å². The molecule has 2 atom stereocenters. The van der Waals surface area contributed by atoms with Crippen molar-refractivity contribution in [3.63, 3.8) is 0 Å². The molecule has 0 bridgehead atoms. The Bertz CT molecular complexity index is 606. The summed E-state index contributed by atoms with van der Waals surface area (Å²) in [5, 5.41) is 12.2. The van der Waals surface area contributed by atoms with Crippen molar-refractivity contribution in [2.24, 2.45) is 0 Å². The van der Waals surface area contributed by atoms with Crippen LogP contribution in [0.25, 0.3) is 0 Å². The van der Waals surface area contributed by atoms with Crippen LogP contribution in [-0.2, 0) is 0 Å². The molecule has 0 amide bonds. The Labute approximate surface area is 103 Å². The highest BCUT2D eigenvalue weighted by Gasteiger charge is 2.32. The van der Waals surface area contributed by atoms with Gasteiger partial charge in [0.05, 0.1) is 11.6 Å². The molecule has 0 aliphatic carbocycles. The number of nitrogens with zero attached hydrogens (tertiary/aromatic N) is 1. The minimum absolute atomic E-state index is 0.0260. The van der Waals surface area contributed by atoms with Gasteiger partial charge in [0.15, 0.2) is 0 Å². The molecule has 0 spiro atoms. The van der Waals surface area contributed by atoms with Crippen molar-refractivity contribution in [2.45, 2.75) is 18.9 Å². The maximum Gasteiger partial charge on any atom is 0.392 e. The van der Waals surface area contributed by atoms with E-state index in [-0.39, 0.29) is 17.9 Å². The van der Waals surface area contributed by atoms with Crippen LogP contribution < -0.4 is 5.32 Å². The van der Waals surface area contributed by atoms with E-state index in [1.165, 1.54) is 6.26 Å². The molecule has 1 aromatic heterocycles. The van der Waals surface area contributed by atoms with Crippen LogP contribution in [0.2, 0.25) is 0 Å². The largest absolute Gasteiger partial charge is 0.474 e. The third-order valence-corrected chi connectivity index (χ3v) is 3.20. The van der Waals surface area contributed by atoms with E-state index in [9.17, 15) is 4.79 Å². The fourth-order valence-corrected chi connectivity index (χ4v) is 2.44. The second-order valence-electron chi connectivity index (χ2n) is 4.38. The number of nitrogens with one attached hydrogen (secondary N) is 1. The van der Waals surface area contributed by atoms with Gasteiger partial charge >= 0.3 is 11.9 Å². The maximum absolute atomic E-state index is 10.8. The molecule has 2 N–H and O–H groups in total. The third-order valence-electron chi connectivity index (χ3n) is 3.20. The summed E-state index contributed by atoms with van der Waals surface area (Å²) in [7, 11) is 0. The van der Waals surface area contributed by atoms with Crippen molar-refractivity contribution >= 4 is 11.7 Å². The van der Waals surface area contributed by atoms with Gasteiger partial charge in [-0.15, -0.1) is 0 Å². The number of carboxylic acid groups (broad SMARTS) is 1. The fraction of sp³-hybridized carbons (Fsp3) is 0.231. The van der Waals surface area contributed by atoms with Crippen LogP contribution in [0.4, 0.5) is 5.69 Å². The molecule has 5 heteroatoms. The molecule has 0 fully saturated rings. The summed E-state index contributed by atoms with van der Waals surface area (Å²) >= 11 is 0. The molecule has 0 saturated heterocycles. The van der Waals surface area contributed by atoms with Crippen LogP contribution in [-0.4, -0.2) is 22.1 Å². The Hall–Kier alpha value is -2.30. The number of benzene rings is 1. The average molecular weight is 244 g/mol. The zero-order valence-corrected chi connectivity index (χ0v) is 9.75. The van der Waals surface area contributed by atoms with E-state index in [4.69, 9.17) is 9.52 Å². The van der Waals surface area contributed by atoms with Gasteiger partial charge in [-0.2, -0.15) is 0 Å². The maximum atomic E-state index is 10.8. The Balaban J connectivity index is 2.03. The van der Waals surface area contributed by atoms with Crippen LogP contribution in [0, 0.1) is 0 Å². The van der Waals surface area contributed by atoms with E-state index in [0.29, 0.717) is 5.69 Å². The van der Waals surface area contributed by atoms with Gasteiger partial charge in [-0.3, -0.25) is 0 Å². The van der Waals surface area contributed by atoms with Gasteiger partial charge in [0.1, 0.15) is 6.26 Å². The van der Waals surface area contributed by atoms with Crippen molar-refractivity contribution in [3.05, 3.63) is 47.7 Å². The molecule has 0 radical (unpaired) electrons. The van der Waals surface area contributed by atoms with Crippen molar-refractivity contribution in [3.8, 4) is 0 Å². The summed E-state index contributed by atoms with van der Waals surface area (Å²) in [4.78, 5) is 14.8. The molecule has 1 aliphatic rings. The first-order valence-corrected chi connectivity index (χ1v) is 5.71. The summed E-state index contributed by atoms with van der Waals surface area (Å²) in [6.45, 7) is 2.04. The molecule has 18 heavy (non-hydrogen) atoms. The Morgan fingerprint density at radius 1 is 1.44 bits per heavy atom. The van der Waals surface area contributed by atoms with Gasteiger partial charge in [-0.1, -0.05) is 18.2 Å². The molecule has 2 unspecified atom stereocenters. The Morgan fingerprint density at radius 3 is 2.94 bits per heavy atom. The molecule has 5 nitrogen and oxygen atoms in total. The predicted molar refractivity (Wildman–Crippen MR) is 64.8 cm³/mol. The van der Waals surface area contributed by atoms with Crippen molar-refractivity contribution in [1.82, 2.24) is 4.98 Å². The number of para-hydroxylation sites is 1. The van der Waals surface area contributed by atoms with E-state index in [1.54, 1.807) is 0 Å². The molecule has 92 valence electrons. The Morgan fingerprint density at radius 2 is 2.22 bits per heavy atom. The van der Waals surface area contributed by atoms with Crippen LogP contribution in [0.15, 0.2) is 34.9 Å². The normalized spacial score (nSPS) is 21.4. The van der Waals surface area contributed by atoms with Gasteiger partial charge in [0.2, 0.25) is 0 Å². The van der Waals surface area contributed by atoms with Crippen molar-refractivity contribution in [2.75, 3.05) is 5.32 Å². The number of anilines is 1. The highest BCUT2D eigenvalue weighted by molar-refractivity contribution is 5.82. The molecular formula is C13H12N2O3.